The van der Waals surface area contributed by atoms with Crippen LogP contribution in [0.2, 0.25) is 0 Å². The molecule has 1 fully saturated rings. The average Bonchev–Trinajstić information content (AvgIpc) is 2.42. The molecule has 1 atom stereocenters. The first-order valence-electron chi connectivity index (χ1n) is 6.83. The van der Waals surface area contributed by atoms with Crippen molar-refractivity contribution in [2.45, 2.75) is 19.6 Å². The first-order valence-corrected chi connectivity index (χ1v) is 6.83. The molecule has 20 heavy (non-hydrogen) atoms. The van der Waals surface area contributed by atoms with Gasteiger partial charge in [-0.25, -0.2) is 0 Å². The van der Waals surface area contributed by atoms with Gasteiger partial charge in [0, 0.05) is 37.8 Å². The lowest BCUT2D eigenvalue weighted by Gasteiger charge is -2.33. The molecule has 0 amide bonds. The van der Waals surface area contributed by atoms with Crippen LogP contribution in [0.1, 0.15) is 11.1 Å². The van der Waals surface area contributed by atoms with Gasteiger partial charge >= 0.3 is 0 Å². The van der Waals surface area contributed by atoms with Gasteiger partial charge in [0.15, 0.2) is 0 Å². The summed E-state index contributed by atoms with van der Waals surface area (Å²) in [4.78, 5) is 12.9. The van der Waals surface area contributed by atoms with Gasteiger partial charge in [0.25, 0.3) is 5.69 Å². The van der Waals surface area contributed by atoms with Crippen molar-refractivity contribution in [3.63, 3.8) is 0 Å². The van der Waals surface area contributed by atoms with Crippen LogP contribution in [0, 0.1) is 17.0 Å². The van der Waals surface area contributed by atoms with Crippen LogP contribution < -0.4 is 5.32 Å². The zero-order valence-corrected chi connectivity index (χ0v) is 12.0. The lowest BCUT2D eigenvalue weighted by molar-refractivity contribution is -0.385. The van der Waals surface area contributed by atoms with E-state index in [2.05, 4.69) is 10.2 Å². The number of nitrogens with zero attached hydrogens (tertiary/aromatic N) is 2. The Morgan fingerprint density at radius 3 is 3.05 bits per heavy atom. The Labute approximate surface area is 118 Å². The predicted molar refractivity (Wildman–Crippen MR) is 76.8 cm³/mol. The van der Waals surface area contributed by atoms with Crippen LogP contribution in [0.4, 0.5) is 5.69 Å². The number of nitro benzene ring substituents is 1. The van der Waals surface area contributed by atoms with E-state index in [-0.39, 0.29) is 16.7 Å². The second-order valence-electron chi connectivity index (χ2n) is 5.10. The highest BCUT2D eigenvalue weighted by atomic mass is 16.6. The van der Waals surface area contributed by atoms with Crippen molar-refractivity contribution in [1.29, 1.82) is 0 Å². The van der Waals surface area contributed by atoms with Gasteiger partial charge in [0.2, 0.25) is 0 Å². The molecule has 6 heteroatoms. The van der Waals surface area contributed by atoms with E-state index in [1.54, 1.807) is 12.1 Å². The Hall–Kier alpha value is -1.50. The molecule has 1 N–H and O–H groups in total. The molecule has 0 radical (unpaired) electrons. The van der Waals surface area contributed by atoms with Gasteiger partial charge in [0.1, 0.15) is 0 Å². The quantitative estimate of drug-likeness (QED) is 0.650. The minimum absolute atomic E-state index is 0.188. The number of hydrogen-bond donors (Lipinski definition) is 1. The van der Waals surface area contributed by atoms with Gasteiger partial charge in [-0.15, -0.1) is 0 Å². The predicted octanol–water partition coefficient (Wildman–Crippen LogP) is 1.32. The molecule has 1 aromatic rings. The maximum absolute atomic E-state index is 11.0. The largest absolute Gasteiger partial charge is 0.374 e. The number of morpholine rings is 1. The molecule has 1 heterocycles. The summed E-state index contributed by atoms with van der Waals surface area (Å²) >= 11 is 0. The number of hydrogen-bond acceptors (Lipinski definition) is 5. The van der Waals surface area contributed by atoms with Crippen molar-refractivity contribution in [2.75, 3.05) is 33.3 Å². The molecule has 1 aromatic carbocycles. The highest BCUT2D eigenvalue weighted by molar-refractivity contribution is 5.44. The standard InChI is InChI=1S/C14H21N3O3/c1-11-12(4-3-5-14(11)17(18)19)9-16-6-7-20-13(10-16)8-15-2/h3-5,13,15H,6-10H2,1-2H3. The zero-order valence-electron chi connectivity index (χ0n) is 12.0. The summed E-state index contributed by atoms with van der Waals surface area (Å²) in [6, 6.07) is 5.28. The fourth-order valence-electron chi connectivity index (χ4n) is 2.56. The summed E-state index contributed by atoms with van der Waals surface area (Å²) in [5.74, 6) is 0. The van der Waals surface area contributed by atoms with Crippen LogP contribution in [0.25, 0.3) is 0 Å². The normalized spacial score (nSPS) is 20.0. The molecule has 1 unspecified atom stereocenters. The minimum Gasteiger partial charge on any atom is -0.374 e. The van der Waals surface area contributed by atoms with Crippen LogP contribution >= 0.6 is 0 Å². The molecule has 1 aliphatic rings. The SMILES string of the molecule is CNCC1CN(Cc2cccc([N+](=O)[O-])c2C)CCO1. The van der Waals surface area contributed by atoms with E-state index in [4.69, 9.17) is 4.74 Å². The molecule has 0 bridgehead atoms. The van der Waals surface area contributed by atoms with Crippen LogP contribution in [-0.2, 0) is 11.3 Å². The molecular weight excluding hydrogens is 258 g/mol. The van der Waals surface area contributed by atoms with E-state index < -0.39 is 0 Å². The lowest BCUT2D eigenvalue weighted by Crippen LogP contribution is -2.45. The third-order valence-electron chi connectivity index (χ3n) is 3.66. The van der Waals surface area contributed by atoms with Gasteiger partial charge in [-0.2, -0.15) is 0 Å². The number of benzene rings is 1. The topological polar surface area (TPSA) is 67.6 Å². The van der Waals surface area contributed by atoms with E-state index in [0.717, 1.165) is 37.3 Å². The van der Waals surface area contributed by atoms with Gasteiger partial charge in [-0.3, -0.25) is 15.0 Å². The lowest BCUT2D eigenvalue weighted by atomic mass is 10.1. The summed E-state index contributed by atoms with van der Waals surface area (Å²) in [7, 11) is 1.91. The maximum atomic E-state index is 11.0. The number of rotatable bonds is 5. The molecule has 110 valence electrons. The van der Waals surface area contributed by atoms with Gasteiger partial charge in [0.05, 0.1) is 17.6 Å². The molecule has 0 aromatic heterocycles. The Balaban J connectivity index is 2.06. The van der Waals surface area contributed by atoms with E-state index in [0.29, 0.717) is 6.61 Å². The Morgan fingerprint density at radius 2 is 2.35 bits per heavy atom. The van der Waals surface area contributed by atoms with E-state index in [1.807, 2.05) is 20.0 Å². The zero-order chi connectivity index (χ0) is 14.5. The van der Waals surface area contributed by atoms with E-state index in [1.165, 1.54) is 0 Å². The number of nitrogens with one attached hydrogen (secondary N) is 1. The average molecular weight is 279 g/mol. The molecule has 2 rings (SSSR count). The highest BCUT2D eigenvalue weighted by Gasteiger charge is 2.21. The van der Waals surface area contributed by atoms with Gasteiger partial charge in [-0.05, 0) is 19.5 Å². The van der Waals surface area contributed by atoms with Gasteiger partial charge < -0.3 is 10.1 Å². The monoisotopic (exact) mass is 279 g/mol. The van der Waals surface area contributed by atoms with Crippen LogP contribution in [0.3, 0.4) is 0 Å². The van der Waals surface area contributed by atoms with Crippen molar-refractivity contribution >= 4 is 5.69 Å². The Bertz CT molecular complexity index is 477. The van der Waals surface area contributed by atoms with Crippen molar-refractivity contribution in [3.8, 4) is 0 Å². The summed E-state index contributed by atoms with van der Waals surface area (Å²) in [6.45, 7) is 5.80. The Morgan fingerprint density at radius 1 is 1.55 bits per heavy atom. The summed E-state index contributed by atoms with van der Waals surface area (Å²) < 4.78 is 5.67. The second-order valence-corrected chi connectivity index (χ2v) is 5.10. The summed E-state index contributed by atoms with van der Waals surface area (Å²) in [5, 5.41) is 14.1. The summed E-state index contributed by atoms with van der Waals surface area (Å²) in [6.07, 6.45) is 0.188. The molecular formula is C14H21N3O3. The molecule has 1 aliphatic heterocycles. The molecule has 6 nitrogen and oxygen atoms in total. The van der Waals surface area contributed by atoms with Gasteiger partial charge in [-0.1, -0.05) is 12.1 Å². The molecule has 0 aliphatic carbocycles. The minimum atomic E-state index is -0.318. The van der Waals surface area contributed by atoms with Crippen LogP contribution in [0.5, 0.6) is 0 Å². The maximum Gasteiger partial charge on any atom is 0.272 e. The highest BCUT2D eigenvalue weighted by Crippen LogP contribution is 2.22. The number of nitro groups is 1. The first kappa shape index (κ1) is 14.9. The van der Waals surface area contributed by atoms with E-state index >= 15 is 0 Å². The molecule has 0 saturated carbocycles. The second kappa shape index (κ2) is 6.78. The smallest absolute Gasteiger partial charge is 0.272 e. The Kier molecular flexibility index (Phi) is 5.05. The first-order chi connectivity index (χ1) is 9.61. The summed E-state index contributed by atoms with van der Waals surface area (Å²) in [5.41, 5.74) is 1.97. The fourth-order valence-corrected chi connectivity index (χ4v) is 2.56. The third kappa shape index (κ3) is 3.53. The molecule has 1 saturated heterocycles. The van der Waals surface area contributed by atoms with Crippen molar-refractivity contribution in [2.24, 2.45) is 0 Å². The number of likely N-dealkylation sites (N-methyl/N-ethyl adjacent to an activating group) is 1. The van der Waals surface area contributed by atoms with Crippen molar-refractivity contribution in [3.05, 3.63) is 39.4 Å². The fraction of sp³-hybridized carbons (Fsp3) is 0.571. The van der Waals surface area contributed by atoms with Crippen molar-refractivity contribution < 1.29 is 9.66 Å². The number of ether oxygens (including phenoxy) is 1. The van der Waals surface area contributed by atoms with Crippen LogP contribution in [-0.4, -0.2) is 49.2 Å². The van der Waals surface area contributed by atoms with Crippen molar-refractivity contribution in [1.82, 2.24) is 10.2 Å². The molecule has 0 spiro atoms. The third-order valence-corrected chi connectivity index (χ3v) is 3.66. The van der Waals surface area contributed by atoms with Crippen LogP contribution in [0.15, 0.2) is 18.2 Å². The van der Waals surface area contributed by atoms with E-state index in [9.17, 15) is 10.1 Å².